The van der Waals surface area contributed by atoms with Crippen LogP contribution in [0.5, 0.6) is 5.75 Å². The summed E-state index contributed by atoms with van der Waals surface area (Å²) in [4.78, 5) is 0. The van der Waals surface area contributed by atoms with Crippen molar-refractivity contribution in [3.63, 3.8) is 0 Å². The van der Waals surface area contributed by atoms with E-state index in [2.05, 4.69) is 21.2 Å². The van der Waals surface area contributed by atoms with Crippen LogP contribution in [0.15, 0.2) is 16.6 Å². The van der Waals surface area contributed by atoms with Crippen molar-refractivity contribution in [1.82, 2.24) is 5.32 Å². The number of halogens is 1. The Morgan fingerprint density at radius 3 is 2.73 bits per heavy atom. The van der Waals surface area contributed by atoms with Crippen molar-refractivity contribution in [3.05, 3.63) is 27.7 Å². The van der Waals surface area contributed by atoms with Gasteiger partial charge in [-0.25, -0.2) is 0 Å². The fraction of sp³-hybridized carbons (Fsp3) is 0.455. The molecule has 2 N–H and O–H groups in total. The minimum atomic E-state index is -0.554. The standard InChI is InChI=1S/C11H16BrNO2/c1-7-4-8(10(14)6-13-2)11(15-3)9(12)5-7/h4-5,10,13-14H,6H2,1-3H3. The molecule has 0 aliphatic carbocycles. The summed E-state index contributed by atoms with van der Waals surface area (Å²) in [6, 6.07) is 3.90. The minimum Gasteiger partial charge on any atom is -0.495 e. The second kappa shape index (κ2) is 5.49. The lowest BCUT2D eigenvalue weighted by molar-refractivity contribution is 0.173. The number of ether oxygens (including phenoxy) is 1. The zero-order valence-corrected chi connectivity index (χ0v) is 10.8. The first kappa shape index (κ1) is 12.5. The number of hydrogen-bond acceptors (Lipinski definition) is 3. The van der Waals surface area contributed by atoms with Gasteiger partial charge in [-0.15, -0.1) is 0 Å². The molecule has 84 valence electrons. The van der Waals surface area contributed by atoms with Gasteiger partial charge in [-0.3, -0.25) is 0 Å². The number of methoxy groups -OCH3 is 1. The Kier molecular flexibility index (Phi) is 4.57. The van der Waals surface area contributed by atoms with Gasteiger partial charge in [-0.2, -0.15) is 0 Å². The molecule has 1 aromatic rings. The van der Waals surface area contributed by atoms with Gasteiger partial charge in [0.25, 0.3) is 0 Å². The van der Waals surface area contributed by atoms with Crippen molar-refractivity contribution >= 4 is 15.9 Å². The van der Waals surface area contributed by atoms with Gasteiger partial charge in [-0.05, 0) is 47.6 Å². The summed E-state index contributed by atoms with van der Waals surface area (Å²) in [6.07, 6.45) is -0.554. The van der Waals surface area contributed by atoms with Gasteiger partial charge in [0.1, 0.15) is 5.75 Å². The molecule has 0 saturated carbocycles. The van der Waals surface area contributed by atoms with E-state index in [-0.39, 0.29) is 0 Å². The van der Waals surface area contributed by atoms with E-state index in [9.17, 15) is 5.11 Å². The number of nitrogens with one attached hydrogen (secondary N) is 1. The third-order valence-corrected chi connectivity index (χ3v) is 2.77. The molecule has 0 bridgehead atoms. The average Bonchev–Trinajstić information content (AvgIpc) is 2.17. The number of likely N-dealkylation sites (N-methyl/N-ethyl adjacent to an activating group) is 1. The van der Waals surface area contributed by atoms with Crippen LogP contribution in [0, 0.1) is 6.92 Å². The minimum absolute atomic E-state index is 0.506. The molecule has 0 heterocycles. The molecule has 3 nitrogen and oxygen atoms in total. The summed E-state index contributed by atoms with van der Waals surface area (Å²) in [6.45, 7) is 2.49. The molecule has 0 saturated heterocycles. The van der Waals surface area contributed by atoms with Crippen LogP contribution in [0.3, 0.4) is 0 Å². The first-order valence-electron chi connectivity index (χ1n) is 4.76. The van der Waals surface area contributed by atoms with E-state index in [0.717, 1.165) is 15.6 Å². The van der Waals surface area contributed by atoms with E-state index >= 15 is 0 Å². The van der Waals surface area contributed by atoms with Crippen LogP contribution in [-0.2, 0) is 0 Å². The normalized spacial score (nSPS) is 12.6. The third-order valence-electron chi connectivity index (χ3n) is 2.18. The van der Waals surface area contributed by atoms with Gasteiger partial charge in [0.05, 0.1) is 17.7 Å². The second-order valence-corrected chi connectivity index (χ2v) is 4.30. The largest absolute Gasteiger partial charge is 0.495 e. The first-order valence-corrected chi connectivity index (χ1v) is 5.56. The summed E-state index contributed by atoms with van der Waals surface area (Å²) in [7, 11) is 3.41. The Morgan fingerprint density at radius 2 is 2.20 bits per heavy atom. The Hall–Kier alpha value is -0.580. The fourth-order valence-corrected chi connectivity index (χ4v) is 2.27. The average molecular weight is 274 g/mol. The Bertz CT molecular complexity index is 342. The number of rotatable bonds is 4. The van der Waals surface area contributed by atoms with Gasteiger partial charge in [0, 0.05) is 12.1 Å². The smallest absolute Gasteiger partial charge is 0.138 e. The molecule has 0 radical (unpaired) electrons. The molecule has 1 rings (SSSR count). The van der Waals surface area contributed by atoms with Crippen LogP contribution in [0.4, 0.5) is 0 Å². The maximum atomic E-state index is 9.92. The topological polar surface area (TPSA) is 41.5 Å². The molecule has 0 spiro atoms. The van der Waals surface area contributed by atoms with Crippen molar-refractivity contribution in [1.29, 1.82) is 0 Å². The molecule has 15 heavy (non-hydrogen) atoms. The number of benzene rings is 1. The predicted molar refractivity (Wildman–Crippen MR) is 64.3 cm³/mol. The zero-order chi connectivity index (χ0) is 11.4. The van der Waals surface area contributed by atoms with Gasteiger partial charge in [-0.1, -0.05) is 0 Å². The lowest BCUT2D eigenvalue weighted by Gasteiger charge is -2.16. The van der Waals surface area contributed by atoms with Crippen molar-refractivity contribution < 1.29 is 9.84 Å². The molecular weight excluding hydrogens is 258 g/mol. The van der Waals surface area contributed by atoms with Crippen molar-refractivity contribution in [2.75, 3.05) is 20.7 Å². The summed E-state index contributed by atoms with van der Waals surface area (Å²) >= 11 is 3.42. The van der Waals surface area contributed by atoms with Crippen LogP contribution in [-0.4, -0.2) is 25.8 Å². The molecule has 0 aliphatic heterocycles. The highest BCUT2D eigenvalue weighted by Crippen LogP contribution is 2.34. The highest BCUT2D eigenvalue weighted by atomic mass is 79.9. The number of aryl methyl sites for hydroxylation is 1. The molecule has 0 amide bonds. The maximum absolute atomic E-state index is 9.92. The van der Waals surface area contributed by atoms with E-state index in [1.165, 1.54) is 0 Å². The van der Waals surface area contributed by atoms with Crippen molar-refractivity contribution in [2.24, 2.45) is 0 Å². The van der Waals surface area contributed by atoms with Crippen LogP contribution in [0.25, 0.3) is 0 Å². The molecule has 1 unspecified atom stereocenters. The molecule has 0 aliphatic rings. The quantitative estimate of drug-likeness (QED) is 0.882. The van der Waals surface area contributed by atoms with Crippen molar-refractivity contribution in [2.45, 2.75) is 13.0 Å². The molecule has 4 heteroatoms. The SMILES string of the molecule is CNCC(O)c1cc(C)cc(Br)c1OC. The van der Waals surface area contributed by atoms with Crippen LogP contribution in [0.1, 0.15) is 17.2 Å². The summed E-state index contributed by atoms with van der Waals surface area (Å²) in [5.74, 6) is 0.698. The second-order valence-electron chi connectivity index (χ2n) is 3.44. The number of aliphatic hydroxyl groups excluding tert-OH is 1. The lowest BCUT2D eigenvalue weighted by Crippen LogP contribution is -2.17. The lowest BCUT2D eigenvalue weighted by atomic mass is 10.1. The summed E-state index contributed by atoms with van der Waals surface area (Å²) < 4.78 is 6.13. The van der Waals surface area contributed by atoms with E-state index in [4.69, 9.17) is 4.74 Å². The van der Waals surface area contributed by atoms with E-state index in [1.54, 1.807) is 14.2 Å². The number of hydrogen-bond donors (Lipinski definition) is 2. The molecule has 1 aromatic carbocycles. The van der Waals surface area contributed by atoms with Crippen molar-refractivity contribution in [3.8, 4) is 5.75 Å². The van der Waals surface area contributed by atoms with E-state index < -0.39 is 6.10 Å². The van der Waals surface area contributed by atoms with E-state index in [0.29, 0.717) is 12.3 Å². The van der Waals surface area contributed by atoms with Gasteiger partial charge >= 0.3 is 0 Å². The molecule has 0 fully saturated rings. The van der Waals surface area contributed by atoms with E-state index in [1.807, 2.05) is 19.1 Å². The Balaban J connectivity index is 3.13. The fourth-order valence-electron chi connectivity index (χ4n) is 1.52. The zero-order valence-electron chi connectivity index (χ0n) is 9.17. The predicted octanol–water partition coefficient (Wildman–Crippen LogP) is 2.02. The summed E-state index contributed by atoms with van der Waals surface area (Å²) in [5, 5.41) is 12.9. The van der Waals surface area contributed by atoms with Crippen LogP contribution in [0.2, 0.25) is 0 Å². The highest BCUT2D eigenvalue weighted by molar-refractivity contribution is 9.10. The summed E-state index contributed by atoms with van der Waals surface area (Å²) in [5.41, 5.74) is 1.89. The van der Waals surface area contributed by atoms with Gasteiger partial charge in [0.15, 0.2) is 0 Å². The Labute approximate surface area is 98.6 Å². The Morgan fingerprint density at radius 1 is 1.53 bits per heavy atom. The van der Waals surface area contributed by atoms with Gasteiger partial charge < -0.3 is 15.2 Å². The third kappa shape index (κ3) is 2.93. The molecular formula is C11H16BrNO2. The number of aliphatic hydroxyl groups is 1. The van der Waals surface area contributed by atoms with Gasteiger partial charge in [0.2, 0.25) is 0 Å². The maximum Gasteiger partial charge on any atom is 0.138 e. The molecule has 0 aromatic heterocycles. The molecule has 1 atom stereocenters. The monoisotopic (exact) mass is 273 g/mol. The highest BCUT2D eigenvalue weighted by Gasteiger charge is 2.15. The van der Waals surface area contributed by atoms with Crippen LogP contribution < -0.4 is 10.1 Å². The van der Waals surface area contributed by atoms with Crippen LogP contribution >= 0.6 is 15.9 Å². The first-order chi connectivity index (χ1) is 7.10.